The molecule has 2 unspecified atom stereocenters. The maximum absolute atomic E-state index is 9.08. The van der Waals surface area contributed by atoms with E-state index in [-0.39, 0.29) is 0 Å². The molecule has 1 aliphatic rings. The molecule has 1 aliphatic heterocycles. The van der Waals surface area contributed by atoms with Crippen molar-refractivity contribution < 1.29 is 17.9 Å². The number of nitrogens with one attached hydrogen (secondary N) is 1. The van der Waals surface area contributed by atoms with Crippen LogP contribution in [0.15, 0.2) is 0 Å². The van der Waals surface area contributed by atoms with E-state index in [2.05, 4.69) is 13.8 Å². The maximum Gasteiger partial charge on any atom is 0.0916 e. The largest absolute Gasteiger partial charge is 0.748 e. The summed E-state index contributed by atoms with van der Waals surface area (Å²) in [6, 6.07) is 0. The number of hydrogen-bond acceptors (Lipinski definition) is 3. The summed E-state index contributed by atoms with van der Waals surface area (Å²) < 4.78 is 27.2. The molecular weight excluding hydrogens is 286 g/mol. The zero-order chi connectivity index (χ0) is 16.1. The molecule has 1 N–H and O–H groups in total. The van der Waals surface area contributed by atoms with Gasteiger partial charge in [-0.15, -0.1) is 0 Å². The molecule has 21 heavy (non-hydrogen) atoms. The molecule has 0 spiro atoms. The molecule has 0 aromatic carbocycles. The average molecular weight is 322 g/mol. The van der Waals surface area contributed by atoms with Crippen LogP contribution in [0.25, 0.3) is 0 Å². The van der Waals surface area contributed by atoms with E-state index in [9.17, 15) is 0 Å². The van der Waals surface area contributed by atoms with E-state index in [0.29, 0.717) is 6.26 Å². The lowest BCUT2D eigenvalue weighted by atomic mass is 10.0. The van der Waals surface area contributed by atoms with E-state index in [0.717, 1.165) is 5.92 Å². The zero-order valence-electron chi connectivity index (χ0n) is 14.2. The molecule has 1 heterocycles. The van der Waals surface area contributed by atoms with Gasteiger partial charge in [-0.05, 0) is 19.3 Å². The number of quaternary nitrogens is 1. The van der Waals surface area contributed by atoms with Gasteiger partial charge in [-0.1, -0.05) is 46.0 Å². The summed E-state index contributed by atoms with van der Waals surface area (Å²) in [5, 5.41) is 0. The number of rotatable bonds is 9. The first-order valence-corrected chi connectivity index (χ1v) is 10.4. The van der Waals surface area contributed by atoms with Crippen molar-refractivity contribution in [1.29, 1.82) is 0 Å². The molecule has 0 aromatic heterocycles. The Morgan fingerprint density at radius 2 is 1.62 bits per heavy atom. The number of unbranched alkanes of at least 4 members (excludes halogenated alkanes) is 5. The molecule has 4 nitrogen and oxygen atoms in total. The van der Waals surface area contributed by atoms with Gasteiger partial charge in [0.1, 0.15) is 0 Å². The van der Waals surface area contributed by atoms with Crippen molar-refractivity contribution in [2.75, 3.05) is 25.9 Å². The highest BCUT2D eigenvalue weighted by Gasteiger charge is 2.24. The lowest BCUT2D eigenvalue weighted by Gasteiger charge is -2.13. The van der Waals surface area contributed by atoms with Gasteiger partial charge >= 0.3 is 0 Å². The fraction of sp³-hybridized carbons (Fsp3) is 1.00. The van der Waals surface area contributed by atoms with Crippen LogP contribution in [0.4, 0.5) is 0 Å². The molecule has 5 heteroatoms. The predicted molar refractivity (Wildman–Crippen MR) is 87.6 cm³/mol. The zero-order valence-corrected chi connectivity index (χ0v) is 15.0. The van der Waals surface area contributed by atoms with Gasteiger partial charge in [-0.2, -0.15) is 0 Å². The second-order valence-corrected chi connectivity index (χ2v) is 7.78. The quantitative estimate of drug-likeness (QED) is 0.523. The Morgan fingerprint density at radius 3 is 2.19 bits per heavy atom. The summed E-state index contributed by atoms with van der Waals surface area (Å²) in [6.07, 6.45) is 13.6. The third-order valence-electron chi connectivity index (χ3n) is 4.08. The highest BCUT2D eigenvalue weighted by molar-refractivity contribution is 7.84. The van der Waals surface area contributed by atoms with Gasteiger partial charge in [-0.25, -0.2) is 8.42 Å². The van der Waals surface area contributed by atoms with Crippen LogP contribution in [0.1, 0.15) is 71.6 Å². The van der Waals surface area contributed by atoms with Crippen molar-refractivity contribution in [1.82, 2.24) is 0 Å². The molecule has 0 saturated carbocycles. The normalized spacial score (nSPS) is 21.9. The van der Waals surface area contributed by atoms with Gasteiger partial charge in [-0.3, -0.25) is 0 Å². The molecule has 0 aliphatic carbocycles. The van der Waals surface area contributed by atoms with E-state index in [1.54, 1.807) is 0 Å². The molecule has 2 atom stereocenters. The van der Waals surface area contributed by atoms with Crippen LogP contribution in [0.2, 0.25) is 0 Å². The van der Waals surface area contributed by atoms with Crippen LogP contribution in [0, 0.1) is 5.92 Å². The molecule has 0 radical (unpaired) electrons. The van der Waals surface area contributed by atoms with Crippen LogP contribution in [-0.2, 0) is 10.1 Å². The first-order chi connectivity index (χ1) is 9.86. The van der Waals surface area contributed by atoms with Crippen LogP contribution in [0.3, 0.4) is 0 Å². The van der Waals surface area contributed by atoms with Crippen LogP contribution >= 0.6 is 0 Å². The highest BCUT2D eigenvalue weighted by atomic mass is 32.2. The van der Waals surface area contributed by atoms with Crippen molar-refractivity contribution in [3.8, 4) is 0 Å². The molecule has 1 saturated heterocycles. The summed E-state index contributed by atoms with van der Waals surface area (Å²) in [5.74, 6) is 1.06. The summed E-state index contributed by atoms with van der Waals surface area (Å²) >= 11 is 0. The van der Waals surface area contributed by atoms with Gasteiger partial charge in [0.05, 0.1) is 29.8 Å². The third kappa shape index (κ3) is 16.1. The second-order valence-electron chi connectivity index (χ2n) is 6.37. The van der Waals surface area contributed by atoms with Crippen LogP contribution in [0.5, 0.6) is 0 Å². The standard InChI is InChI=1S/C15H31N.CH4O3S/c1-3-5-7-8-9-12-16-13-11-15(14-16)10-6-4-2;1-5(2,3)4/h15H,3-14H2,1-2H3;1H3,(H,2,3,4). The molecule has 1 fully saturated rings. The second kappa shape index (κ2) is 12.4. The number of hydrogen-bond donors (Lipinski definition) is 1. The minimum Gasteiger partial charge on any atom is -0.748 e. The SMILES string of the molecule is CCCCCCC[NH+]1CCC(CCCC)C1.CS(=O)(=O)[O-]. The Bertz CT molecular complexity index is 322. The van der Waals surface area contributed by atoms with Gasteiger partial charge in [0, 0.05) is 18.6 Å². The minimum atomic E-state index is -3.92. The van der Waals surface area contributed by atoms with Gasteiger partial charge in [0.15, 0.2) is 0 Å². The average Bonchev–Trinajstić information content (AvgIpc) is 2.82. The first-order valence-electron chi connectivity index (χ1n) is 8.61. The maximum atomic E-state index is 9.08. The first kappa shape index (κ1) is 20.9. The lowest BCUT2D eigenvalue weighted by Crippen LogP contribution is -3.10. The summed E-state index contributed by atoms with van der Waals surface area (Å²) in [5.41, 5.74) is 0. The van der Waals surface area contributed by atoms with Crippen molar-refractivity contribution in [3.05, 3.63) is 0 Å². The molecule has 0 bridgehead atoms. The van der Waals surface area contributed by atoms with Crippen molar-refractivity contribution in [2.45, 2.75) is 71.6 Å². The molecule has 1 rings (SSSR count). The third-order valence-corrected chi connectivity index (χ3v) is 4.08. The van der Waals surface area contributed by atoms with Crippen molar-refractivity contribution in [3.63, 3.8) is 0 Å². The van der Waals surface area contributed by atoms with Crippen LogP contribution < -0.4 is 4.90 Å². The Labute approximate surface area is 132 Å². The predicted octanol–water partition coefficient (Wildman–Crippen LogP) is 2.21. The minimum absolute atomic E-state index is 0.604. The fourth-order valence-electron chi connectivity index (χ4n) is 2.97. The van der Waals surface area contributed by atoms with Crippen molar-refractivity contribution in [2.24, 2.45) is 5.92 Å². The van der Waals surface area contributed by atoms with Crippen LogP contribution in [-0.4, -0.2) is 38.9 Å². The van der Waals surface area contributed by atoms with Gasteiger partial charge < -0.3 is 9.45 Å². The van der Waals surface area contributed by atoms with E-state index in [4.69, 9.17) is 13.0 Å². The summed E-state index contributed by atoms with van der Waals surface area (Å²) in [6.45, 7) is 9.00. The van der Waals surface area contributed by atoms with E-state index >= 15 is 0 Å². The van der Waals surface area contributed by atoms with Gasteiger partial charge in [0.2, 0.25) is 0 Å². The lowest BCUT2D eigenvalue weighted by molar-refractivity contribution is -0.889. The highest BCUT2D eigenvalue weighted by Crippen LogP contribution is 2.13. The molecule has 128 valence electrons. The molecular formula is C16H35NO3S. The van der Waals surface area contributed by atoms with E-state index in [1.165, 1.54) is 77.4 Å². The summed E-state index contributed by atoms with van der Waals surface area (Å²) in [4.78, 5) is 1.90. The van der Waals surface area contributed by atoms with E-state index in [1.807, 2.05) is 4.90 Å². The van der Waals surface area contributed by atoms with Crippen molar-refractivity contribution >= 4 is 10.1 Å². The van der Waals surface area contributed by atoms with E-state index < -0.39 is 10.1 Å². The fourth-order valence-corrected chi connectivity index (χ4v) is 2.97. The topological polar surface area (TPSA) is 61.6 Å². The Hall–Kier alpha value is -0.130. The van der Waals surface area contributed by atoms with Gasteiger partial charge in [0.25, 0.3) is 0 Å². The number of likely N-dealkylation sites (tertiary alicyclic amines) is 1. The monoisotopic (exact) mass is 321 g/mol. The smallest absolute Gasteiger partial charge is 0.0916 e. The Kier molecular flexibility index (Phi) is 12.3. The summed E-state index contributed by atoms with van der Waals surface area (Å²) in [7, 11) is -3.92. The Morgan fingerprint density at radius 1 is 1.05 bits per heavy atom. The Balaban J connectivity index is 0.000000690. The molecule has 0 amide bonds. The molecule has 0 aromatic rings.